The normalized spacial score (nSPS) is 22.0. The molecule has 0 N–H and O–H groups in total. The molecule has 2 aliphatic rings. The molecule has 2 aliphatic heterocycles. The molecular weight excluding hydrogens is 252 g/mol. The molecule has 0 bridgehead atoms. The molecule has 0 aromatic heterocycles. The first-order valence-corrected chi connectivity index (χ1v) is 7.21. The van der Waals surface area contributed by atoms with Crippen LogP contribution in [0.2, 0.25) is 0 Å². The van der Waals surface area contributed by atoms with E-state index < -0.39 is 0 Å². The summed E-state index contributed by atoms with van der Waals surface area (Å²) in [5.74, 6) is -0.362. The van der Waals surface area contributed by atoms with Crippen molar-refractivity contribution in [2.24, 2.45) is 0 Å². The predicted molar refractivity (Wildman–Crippen MR) is 75.0 cm³/mol. The molecule has 0 radical (unpaired) electrons. The number of nitriles is 1. The minimum atomic E-state index is -0.362. The van der Waals surface area contributed by atoms with Gasteiger partial charge < -0.3 is 9.47 Å². The minimum Gasteiger partial charge on any atom is -0.346 e. The molecule has 2 saturated heterocycles. The first-order chi connectivity index (χ1) is 9.71. The van der Waals surface area contributed by atoms with Crippen LogP contribution in [0.3, 0.4) is 0 Å². The molecule has 0 saturated carbocycles. The fourth-order valence-electron chi connectivity index (χ4n) is 3.12. The molecule has 3 rings (SSSR count). The maximum atomic E-state index is 8.92. The molecule has 0 unspecified atom stereocenters. The molecule has 1 spiro atoms. The summed E-state index contributed by atoms with van der Waals surface area (Å²) in [6.45, 7) is 6.30. The van der Waals surface area contributed by atoms with Crippen molar-refractivity contribution in [3.63, 3.8) is 0 Å². The van der Waals surface area contributed by atoms with Gasteiger partial charge in [-0.2, -0.15) is 5.26 Å². The molecule has 0 amide bonds. The third-order valence-electron chi connectivity index (χ3n) is 4.18. The molecule has 1 aromatic carbocycles. The van der Waals surface area contributed by atoms with Gasteiger partial charge >= 0.3 is 0 Å². The summed E-state index contributed by atoms with van der Waals surface area (Å²) >= 11 is 0. The molecule has 4 heteroatoms. The van der Waals surface area contributed by atoms with Gasteiger partial charge in [0.05, 0.1) is 31.4 Å². The molecular formula is C16H20N2O2. The monoisotopic (exact) mass is 272 g/mol. The fourth-order valence-corrected chi connectivity index (χ4v) is 3.12. The molecule has 0 aliphatic carbocycles. The fraction of sp³-hybridized carbons (Fsp3) is 0.562. The van der Waals surface area contributed by atoms with E-state index in [4.69, 9.17) is 14.7 Å². The number of benzene rings is 1. The minimum absolute atomic E-state index is 0.362. The Morgan fingerprint density at radius 1 is 1.35 bits per heavy atom. The van der Waals surface area contributed by atoms with E-state index in [1.807, 2.05) is 12.1 Å². The van der Waals surface area contributed by atoms with Crippen LogP contribution in [0.15, 0.2) is 18.2 Å². The van der Waals surface area contributed by atoms with Crippen molar-refractivity contribution in [1.82, 2.24) is 4.90 Å². The van der Waals surface area contributed by atoms with Crippen molar-refractivity contribution in [1.29, 1.82) is 5.26 Å². The molecule has 106 valence electrons. The van der Waals surface area contributed by atoms with Crippen LogP contribution in [0.1, 0.15) is 29.5 Å². The second-order valence-corrected chi connectivity index (χ2v) is 5.67. The zero-order valence-electron chi connectivity index (χ0n) is 11.9. The third-order valence-corrected chi connectivity index (χ3v) is 4.18. The van der Waals surface area contributed by atoms with E-state index in [9.17, 15) is 0 Å². The Hall–Kier alpha value is -1.41. The summed E-state index contributed by atoms with van der Waals surface area (Å²) in [5.41, 5.74) is 3.18. The number of aryl methyl sites for hydroxylation is 1. The first-order valence-electron chi connectivity index (χ1n) is 7.21. The van der Waals surface area contributed by atoms with E-state index in [-0.39, 0.29) is 5.79 Å². The summed E-state index contributed by atoms with van der Waals surface area (Å²) in [4.78, 5) is 2.39. The highest BCUT2D eigenvalue weighted by molar-refractivity contribution is 5.37. The second kappa shape index (κ2) is 5.53. The smallest absolute Gasteiger partial charge is 0.181 e. The Morgan fingerprint density at radius 2 is 2.15 bits per heavy atom. The Labute approximate surface area is 119 Å². The van der Waals surface area contributed by atoms with Crippen molar-refractivity contribution in [3.05, 3.63) is 34.9 Å². The number of nitrogens with zero attached hydrogens (tertiary/aromatic N) is 2. The van der Waals surface area contributed by atoms with E-state index in [0.717, 1.165) is 38.0 Å². The van der Waals surface area contributed by atoms with Gasteiger partial charge in [0.15, 0.2) is 5.79 Å². The van der Waals surface area contributed by atoms with Gasteiger partial charge in [0.25, 0.3) is 0 Å². The highest BCUT2D eigenvalue weighted by Gasteiger charge is 2.40. The Morgan fingerprint density at radius 3 is 2.85 bits per heavy atom. The van der Waals surface area contributed by atoms with Crippen molar-refractivity contribution in [3.8, 4) is 6.07 Å². The van der Waals surface area contributed by atoms with Gasteiger partial charge in [0, 0.05) is 13.0 Å². The Balaban J connectivity index is 1.70. The number of rotatable bonds is 2. The van der Waals surface area contributed by atoms with Crippen molar-refractivity contribution in [2.45, 2.75) is 32.1 Å². The topological polar surface area (TPSA) is 45.5 Å². The van der Waals surface area contributed by atoms with Crippen LogP contribution in [0.25, 0.3) is 0 Å². The lowest BCUT2D eigenvalue weighted by atomic mass is 10.0. The maximum Gasteiger partial charge on any atom is 0.181 e. The number of hydrogen-bond acceptors (Lipinski definition) is 4. The lowest BCUT2D eigenvalue weighted by Crippen LogP contribution is -2.48. The standard InChI is InChI=1S/C16H20N2O2/c1-13-9-14(10-17)3-4-15(13)11-18-6-2-5-16(12-18)19-7-8-20-16/h3-4,9H,2,5-8,11-12H2,1H3. The molecule has 4 nitrogen and oxygen atoms in total. The zero-order valence-corrected chi connectivity index (χ0v) is 11.9. The van der Waals surface area contributed by atoms with Gasteiger partial charge in [-0.3, -0.25) is 4.90 Å². The van der Waals surface area contributed by atoms with E-state index >= 15 is 0 Å². The predicted octanol–water partition coefficient (Wildman–Crippen LogP) is 2.21. The van der Waals surface area contributed by atoms with Gasteiger partial charge in [-0.05, 0) is 43.1 Å². The van der Waals surface area contributed by atoms with Crippen LogP contribution >= 0.6 is 0 Å². The average Bonchev–Trinajstić information content (AvgIpc) is 2.89. The van der Waals surface area contributed by atoms with E-state index in [1.165, 1.54) is 11.1 Å². The van der Waals surface area contributed by atoms with Crippen LogP contribution in [0, 0.1) is 18.3 Å². The van der Waals surface area contributed by atoms with Gasteiger partial charge in [-0.1, -0.05) is 6.07 Å². The molecule has 1 aromatic rings. The molecule has 0 atom stereocenters. The van der Waals surface area contributed by atoms with Gasteiger partial charge in [0.1, 0.15) is 0 Å². The molecule has 20 heavy (non-hydrogen) atoms. The van der Waals surface area contributed by atoms with E-state index in [0.29, 0.717) is 13.2 Å². The van der Waals surface area contributed by atoms with Crippen molar-refractivity contribution in [2.75, 3.05) is 26.3 Å². The molecule has 2 heterocycles. The van der Waals surface area contributed by atoms with Crippen LogP contribution < -0.4 is 0 Å². The molecule has 2 fully saturated rings. The summed E-state index contributed by atoms with van der Waals surface area (Å²) in [6, 6.07) is 8.10. The number of likely N-dealkylation sites (tertiary alicyclic amines) is 1. The highest BCUT2D eigenvalue weighted by Crippen LogP contribution is 2.31. The second-order valence-electron chi connectivity index (χ2n) is 5.67. The Bertz CT molecular complexity index is 530. The largest absolute Gasteiger partial charge is 0.346 e. The lowest BCUT2D eigenvalue weighted by Gasteiger charge is -2.38. The summed E-state index contributed by atoms with van der Waals surface area (Å²) < 4.78 is 11.6. The van der Waals surface area contributed by atoms with E-state index in [1.54, 1.807) is 0 Å². The number of piperidine rings is 1. The maximum absolute atomic E-state index is 8.92. The average molecular weight is 272 g/mol. The van der Waals surface area contributed by atoms with Crippen LogP contribution in [0.4, 0.5) is 0 Å². The lowest BCUT2D eigenvalue weighted by molar-refractivity contribution is -0.190. The summed E-state index contributed by atoms with van der Waals surface area (Å²) in [7, 11) is 0. The SMILES string of the molecule is Cc1cc(C#N)ccc1CN1CCCC2(C1)OCCO2. The number of hydrogen-bond donors (Lipinski definition) is 0. The Kier molecular flexibility index (Phi) is 3.75. The van der Waals surface area contributed by atoms with Gasteiger partial charge in [-0.15, -0.1) is 0 Å². The number of ether oxygens (including phenoxy) is 2. The van der Waals surface area contributed by atoms with E-state index in [2.05, 4.69) is 24.0 Å². The first kappa shape index (κ1) is 13.6. The summed E-state index contributed by atoms with van der Waals surface area (Å²) in [5, 5.41) is 8.92. The van der Waals surface area contributed by atoms with Crippen LogP contribution in [-0.4, -0.2) is 37.0 Å². The highest BCUT2D eigenvalue weighted by atomic mass is 16.7. The van der Waals surface area contributed by atoms with Crippen LogP contribution in [-0.2, 0) is 16.0 Å². The quantitative estimate of drug-likeness (QED) is 0.828. The summed E-state index contributed by atoms with van der Waals surface area (Å²) in [6.07, 6.45) is 2.10. The third kappa shape index (κ3) is 2.71. The van der Waals surface area contributed by atoms with Crippen LogP contribution in [0.5, 0.6) is 0 Å². The zero-order chi connectivity index (χ0) is 14.0. The van der Waals surface area contributed by atoms with Gasteiger partial charge in [-0.25, -0.2) is 0 Å². The van der Waals surface area contributed by atoms with Gasteiger partial charge in [0.2, 0.25) is 0 Å². The van der Waals surface area contributed by atoms with Crippen molar-refractivity contribution < 1.29 is 9.47 Å². The van der Waals surface area contributed by atoms with Crippen molar-refractivity contribution >= 4 is 0 Å².